The second kappa shape index (κ2) is 8.40. The average Bonchev–Trinajstić information content (AvgIpc) is 2.64. The third kappa shape index (κ3) is 4.51. The van der Waals surface area contributed by atoms with Crippen molar-refractivity contribution in [3.8, 4) is 11.8 Å². The number of carbonyl (C=O) groups excluding carboxylic acids is 1. The lowest BCUT2D eigenvalue weighted by Gasteiger charge is -2.21. The highest BCUT2D eigenvalue weighted by Crippen LogP contribution is 2.28. The first-order valence-corrected chi connectivity index (χ1v) is 7.44. The number of pyridine rings is 1. The topological polar surface area (TPSA) is 109 Å². The molecule has 0 N–H and O–H groups in total. The molecule has 25 heavy (non-hydrogen) atoms. The Bertz CT molecular complexity index is 802. The normalized spacial score (nSPS) is 9.92. The zero-order valence-corrected chi connectivity index (χ0v) is 13.6. The number of benzene rings is 1. The summed E-state index contributed by atoms with van der Waals surface area (Å²) in [6.07, 6.45) is 3.41. The quantitative estimate of drug-likeness (QED) is 0.566. The molecule has 2 rings (SSSR count). The summed E-state index contributed by atoms with van der Waals surface area (Å²) in [7, 11) is 1.32. The molecule has 0 unspecified atom stereocenters. The van der Waals surface area contributed by atoms with Gasteiger partial charge in [-0.1, -0.05) is 6.07 Å². The molecule has 0 radical (unpaired) electrons. The van der Waals surface area contributed by atoms with Gasteiger partial charge in [-0.2, -0.15) is 5.26 Å². The number of amides is 1. The van der Waals surface area contributed by atoms with E-state index in [1.165, 1.54) is 30.2 Å². The summed E-state index contributed by atoms with van der Waals surface area (Å²) in [5, 5.41) is 20.0. The molecular weight excluding hydrogens is 324 g/mol. The Kier molecular flexibility index (Phi) is 6.01. The van der Waals surface area contributed by atoms with Crippen LogP contribution in [0.3, 0.4) is 0 Å². The molecule has 8 heteroatoms. The molecule has 1 heterocycles. The van der Waals surface area contributed by atoms with E-state index in [0.717, 1.165) is 5.56 Å². The molecule has 0 aliphatic rings. The van der Waals surface area contributed by atoms with E-state index in [1.807, 2.05) is 12.1 Å². The van der Waals surface area contributed by atoms with Crippen molar-refractivity contribution in [2.45, 2.75) is 13.0 Å². The van der Waals surface area contributed by atoms with Crippen LogP contribution < -0.4 is 4.74 Å². The van der Waals surface area contributed by atoms with Crippen molar-refractivity contribution in [3.63, 3.8) is 0 Å². The van der Waals surface area contributed by atoms with Gasteiger partial charge in [-0.15, -0.1) is 0 Å². The Balaban J connectivity index is 2.31. The van der Waals surface area contributed by atoms with Crippen LogP contribution in [0, 0.1) is 21.4 Å². The minimum atomic E-state index is -0.601. The summed E-state index contributed by atoms with van der Waals surface area (Å²) >= 11 is 0. The van der Waals surface area contributed by atoms with E-state index in [4.69, 9.17) is 10.00 Å². The Hall–Kier alpha value is -3.47. The van der Waals surface area contributed by atoms with Crippen molar-refractivity contribution in [1.29, 1.82) is 5.26 Å². The highest BCUT2D eigenvalue weighted by molar-refractivity contribution is 5.95. The maximum absolute atomic E-state index is 12.8. The van der Waals surface area contributed by atoms with Gasteiger partial charge in [0.25, 0.3) is 5.91 Å². The Labute approximate surface area is 144 Å². The predicted octanol–water partition coefficient (Wildman–Crippen LogP) is 2.55. The number of nitriles is 1. The summed E-state index contributed by atoms with van der Waals surface area (Å²) in [5.74, 6) is -0.317. The highest BCUT2D eigenvalue weighted by atomic mass is 16.6. The number of nitro groups is 1. The van der Waals surface area contributed by atoms with E-state index in [9.17, 15) is 14.9 Å². The van der Waals surface area contributed by atoms with Gasteiger partial charge < -0.3 is 9.64 Å². The summed E-state index contributed by atoms with van der Waals surface area (Å²) in [6.45, 7) is 0.470. The lowest BCUT2D eigenvalue weighted by Crippen LogP contribution is -2.31. The number of aromatic nitrogens is 1. The number of rotatable bonds is 7. The molecule has 0 aliphatic carbocycles. The van der Waals surface area contributed by atoms with Gasteiger partial charge in [0.15, 0.2) is 5.75 Å². The molecule has 0 saturated carbocycles. The van der Waals surface area contributed by atoms with E-state index < -0.39 is 10.8 Å². The monoisotopic (exact) mass is 340 g/mol. The van der Waals surface area contributed by atoms with Crippen LogP contribution in [0.4, 0.5) is 5.69 Å². The van der Waals surface area contributed by atoms with Gasteiger partial charge in [0, 0.05) is 37.1 Å². The molecular formula is C17H16N4O4. The standard InChI is InChI=1S/C17H16N4O4/c1-25-16-6-5-14(10-15(16)21(23)24)17(22)20(9-3-7-18)12-13-4-2-8-19-11-13/h2,4-6,8,10-11H,3,9,12H2,1H3. The molecule has 0 atom stereocenters. The predicted molar refractivity (Wildman–Crippen MR) is 88.9 cm³/mol. The largest absolute Gasteiger partial charge is 0.490 e. The summed E-state index contributed by atoms with van der Waals surface area (Å²) in [4.78, 5) is 28.8. The molecule has 1 aromatic heterocycles. The summed E-state index contributed by atoms with van der Waals surface area (Å²) in [6, 6.07) is 9.61. The van der Waals surface area contributed by atoms with Gasteiger partial charge in [0.2, 0.25) is 0 Å². The molecule has 0 spiro atoms. The van der Waals surface area contributed by atoms with Crippen LogP contribution in [0.15, 0.2) is 42.7 Å². The number of nitrogens with zero attached hydrogens (tertiary/aromatic N) is 4. The molecule has 0 bridgehead atoms. The molecule has 128 valence electrons. The first-order chi connectivity index (χ1) is 12.1. The van der Waals surface area contributed by atoms with Gasteiger partial charge in [0.1, 0.15) is 0 Å². The fraction of sp³-hybridized carbons (Fsp3) is 0.235. The SMILES string of the molecule is COc1ccc(C(=O)N(CCC#N)Cc2cccnc2)cc1[N+](=O)[O-]. The molecule has 2 aromatic rings. The van der Waals surface area contributed by atoms with Crippen molar-refractivity contribution in [3.05, 3.63) is 64.0 Å². The molecule has 0 fully saturated rings. The molecule has 1 amide bonds. The zero-order valence-electron chi connectivity index (χ0n) is 13.6. The number of ether oxygens (including phenoxy) is 1. The van der Waals surface area contributed by atoms with Gasteiger partial charge in [-0.25, -0.2) is 0 Å². The van der Waals surface area contributed by atoms with Gasteiger partial charge in [-0.3, -0.25) is 19.9 Å². The number of hydrogen-bond donors (Lipinski definition) is 0. The van der Waals surface area contributed by atoms with Crippen molar-refractivity contribution in [2.24, 2.45) is 0 Å². The summed E-state index contributed by atoms with van der Waals surface area (Å²) < 4.78 is 4.94. The molecule has 0 saturated heterocycles. The Morgan fingerprint density at radius 1 is 1.44 bits per heavy atom. The maximum Gasteiger partial charge on any atom is 0.311 e. The van der Waals surface area contributed by atoms with Crippen molar-refractivity contribution >= 4 is 11.6 Å². The highest BCUT2D eigenvalue weighted by Gasteiger charge is 2.22. The third-order valence-electron chi connectivity index (χ3n) is 3.50. The number of nitro benzene ring substituents is 1. The van der Waals surface area contributed by atoms with Crippen LogP contribution in [0.1, 0.15) is 22.3 Å². The van der Waals surface area contributed by atoms with Gasteiger partial charge in [-0.05, 0) is 23.8 Å². The third-order valence-corrected chi connectivity index (χ3v) is 3.50. The fourth-order valence-electron chi connectivity index (χ4n) is 2.30. The zero-order chi connectivity index (χ0) is 18.2. The first kappa shape index (κ1) is 17.9. The van der Waals surface area contributed by atoms with Crippen molar-refractivity contribution in [1.82, 2.24) is 9.88 Å². The van der Waals surface area contributed by atoms with E-state index >= 15 is 0 Å². The minimum Gasteiger partial charge on any atom is -0.490 e. The van der Waals surface area contributed by atoms with E-state index in [-0.39, 0.29) is 36.5 Å². The van der Waals surface area contributed by atoms with Crippen LogP contribution >= 0.6 is 0 Å². The number of methoxy groups -OCH3 is 1. The fourth-order valence-corrected chi connectivity index (χ4v) is 2.30. The molecule has 8 nitrogen and oxygen atoms in total. The second-order valence-electron chi connectivity index (χ2n) is 5.14. The first-order valence-electron chi connectivity index (χ1n) is 7.44. The van der Waals surface area contributed by atoms with Crippen LogP contribution in [0.5, 0.6) is 5.75 Å². The summed E-state index contributed by atoms with van der Waals surface area (Å²) in [5.41, 5.74) is 0.682. The van der Waals surface area contributed by atoms with E-state index in [1.54, 1.807) is 18.5 Å². The number of carbonyl (C=O) groups is 1. The smallest absolute Gasteiger partial charge is 0.311 e. The van der Waals surface area contributed by atoms with Crippen LogP contribution in [-0.2, 0) is 6.54 Å². The second-order valence-corrected chi connectivity index (χ2v) is 5.14. The van der Waals surface area contributed by atoms with Crippen molar-refractivity contribution in [2.75, 3.05) is 13.7 Å². The number of hydrogen-bond acceptors (Lipinski definition) is 6. The van der Waals surface area contributed by atoms with Gasteiger partial charge in [0.05, 0.1) is 24.5 Å². The Morgan fingerprint density at radius 2 is 2.24 bits per heavy atom. The van der Waals surface area contributed by atoms with Crippen molar-refractivity contribution < 1.29 is 14.5 Å². The minimum absolute atomic E-state index is 0.0809. The maximum atomic E-state index is 12.8. The lowest BCUT2D eigenvalue weighted by molar-refractivity contribution is -0.385. The van der Waals surface area contributed by atoms with Crippen LogP contribution in [0.2, 0.25) is 0 Å². The average molecular weight is 340 g/mol. The molecule has 1 aromatic carbocycles. The molecule has 0 aliphatic heterocycles. The Morgan fingerprint density at radius 3 is 2.84 bits per heavy atom. The lowest BCUT2D eigenvalue weighted by atomic mass is 10.1. The van der Waals surface area contributed by atoms with Gasteiger partial charge >= 0.3 is 5.69 Å². The van der Waals surface area contributed by atoms with E-state index in [2.05, 4.69) is 4.98 Å². The van der Waals surface area contributed by atoms with Crippen LogP contribution in [0.25, 0.3) is 0 Å². The van der Waals surface area contributed by atoms with Crippen LogP contribution in [-0.4, -0.2) is 34.4 Å². The van der Waals surface area contributed by atoms with E-state index in [0.29, 0.717) is 0 Å².